The van der Waals surface area contributed by atoms with E-state index in [1.165, 1.54) is 6.42 Å². The largest absolute Gasteiger partial charge is 0.457 e. The summed E-state index contributed by atoms with van der Waals surface area (Å²) in [6, 6.07) is 0. The maximum Gasteiger partial charge on any atom is 0.457 e. The lowest BCUT2D eigenvalue weighted by molar-refractivity contribution is -0.115. The van der Waals surface area contributed by atoms with E-state index >= 15 is 0 Å². The Labute approximate surface area is 113 Å². The number of fused-ring (bicyclic) bond motifs is 1. The SMILES string of the molecule is CCCB1O[C@H]2C[C@@H](CC)C(C)(C)[C@@H](C)[C@@]2(C)O1. The fraction of sp³-hybridized carbons (Fsp3) is 1.00. The molecule has 18 heavy (non-hydrogen) atoms. The van der Waals surface area contributed by atoms with Crippen molar-refractivity contribution in [2.75, 3.05) is 0 Å². The lowest BCUT2D eigenvalue weighted by Crippen LogP contribution is -2.56. The van der Waals surface area contributed by atoms with Crippen LogP contribution in [0, 0.1) is 17.3 Å². The molecule has 1 saturated heterocycles. The van der Waals surface area contributed by atoms with Crippen molar-refractivity contribution >= 4 is 7.12 Å². The molecule has 1 saturated carbocycles. The summed E-state index contributed by atoms with van der Waals surface area (Å²) in [7, 11) is 0.0267. The maximum atomic E-state index is 6.31. The van der Waals surface area contributed by atoms with Crippen LogP contribution < -0.4 is 0 Å². The van der Waals surface area contributed by atoms with Crippen LogP contribution in [-0.2, 0) is 9.31 Å². The summed E-state index contributed by atoms with van der Waals surface area (Å²) in [6.45, 7) is 13.9. The van der Waals surface area contributed by atoms with Crippen LogP contribution in [0.25, 0.3) is 0 Å². The molecule has 1 heterocycles. The number of rotatable bonds is 3. The van der Waals surface area contributed by atoms with Crippen LogP contribution in [-0.4, -0.2) is 18.8 Å². The lowest BCUT2D eigenvalue weighted by Gasteiger charge is -2.54. The first-order chi connectivity index (χ1) is 8.36. The minimum atomic E-state index is -0.0883. The summed E-state index contributed by atoms with van der Waals surface area (Å²) < 4.78 is 12.5. The van der Waals surface area contributed by atoms with Crippen molar-refractivity contribution in [1.29, 1.82) is 0 Å². The summed E-state index contributed by atoms with van der Waals surface area (Å²) in [5, 5.41) is 0. The lowest BCUT2D eigenvalue weighted by atomic mass is 9.56. The summed E-state index contributed by atoms with van der Waals surface area (Å²) in [6.07, 6.45) is 4.84. The molecule has 4 atom stereocenters. The third kappa shape index (κ3) is 2.04. The molecule has 0 amide bonds. The Hall–Kier alpha value is -0.0151. The van der Waals surface area contributed by atoms with Crippen molar-refractivity contribution in [2.45, 2.75) is 78.8 Å². The van der Waals surface area contributed by atoms with Gasteiger partial charge in [-0.2, -0.15) is 0 Å². The van der Waals surface area contributed by atoms with Gasteiger partial charge in [-0.05, 0) is 36.9 Å². The maximum absolute atomic E-state index is 6.31. The molecular weight excluding hydrogens is 223 g/mol. The van der Waals surface area contributed by atoms with Gasteiger partial charge in [0.1, 0.15) is 0 Å². The van der Waals surface area contributed by atoms with Gasteiger partial charge in [-0.3, -0.25) is 0 Å². The number of hydrogen-bond donors (Lipinski definition) is 0. The zero-order chi connectivity index (χ0) is 13.6. The molecule has 104 valence electrons. The highest BCUT2D eigenvalue weighted by Gasteiger charge is 2.59. The second kappa shape index (κ2) is 4.83. The second-order valence-electron chi connectivity index (χ2n) is 7.03. The van der Waals surface area contributed by atoms with Crippen molar-refractivity contribution in [3.8, 4) is 0 Å². The molecule has 0 radical (unpaired) electrons. The predicted molar refractivity (Wildman–Crippen MR) is 76.6 cm³/mol. The molecule has 2 aliphatic rings. The highest BCUT2D eigenvalue weighted by atomic mass is 16.7. The van der Waals surface area contributed by atoms with E-state index in [9.17, 15) is 0 Å². The van der Waals surface area contributed by atoms with Crippen molar-refractivity contribution < 1.29 is 9.31 Å². The van der Waals surface area contributed by atoms with Crippen LogP contribution in [0.3, 0.4) is 0 Å². The smallest absolute Gasteiger partial charge is 0.405 e. The van der Waals surface area contributed by atoms with E-state index in [1.807, 2.05) is 0 Å². The predicted octanol–water partition coefficient (Wildman–Crippen LogP) is 4.15. The summed E-state index contributed by atoms with van der Waals surface area (Å²) >= 11 is 0. The minimum absolute atomic E-state index is 0.0267. The Morgan fingerprint density at radius 3 is 2.44 bits per heavy atom. The fourth-order valence-electron chi connectivity index (χ4n) is 4.09. The van der Waals surface area contributed by atoms with E-state index in [1.54, 1.807) is 0 Å². The molecule has 3 heteroatoms. The molecule has 0 bridgehead atoms. The summed E-state index contributed by atoms with van der Waals surface area (Å²) in [5.74, 6) is 1.28. The molecular formula is C15H29BO2. The van der Waals surface area contributed by atoms with Gasteiger partial charge in [0.25, 0.3) is 0 Å². The van der Waals surface area contributed by atoms with Crippen molar-refractivity contribution in [3.05, 3.63) is 0 Å². The van der Waals surface area contributed by atoms with Gasteiger partial charge in [0.15, 0.2) is 0 Å². The fourth-order valence-corrected chi connectivity index (χ4v) is 4.09. The summed E-state index contributed by atoms with van der Waals surface area (Å²) in [5.41, 5.74) is 0.249. The topological polar surface area (TPSA) is 18.5 Å². The third-order valence-corrected chi connectivity index (χ3v) is 5.88. The van der Waals surface area contributed by atoms with Crippen LogP contribution in [0.5, 0.6) is 0 Å². The Kier molecular flexibility index (Phi) is 3.86. The zero-order valence-electron chi connectivity index (χ0n) is 13.0. The van der Waals surface area contributed by atoms with Gasteiger partial charge in [-0.1, -0.05) is 47.5 Å². The average Bonchev–Trinajstić information content (AvgIpc) is 2.62. The Bertz CT molecular complexity index is 305. The molecule has 2 nitrogen and oxygen atoms in total. The standard InChI is InChI=1S/C15H29BO2/c1-7-9-16-17-13-10-12(8-2)14(4,5)11(3)15(13,6)18-16/h11-13H,7-10H2,1-6H3/t11-,12-,13+,15-/m1/s1. The Balaban J connectivity index is 2.22. The Morgan fingerprint density at radius 2 is 1.89 bits per heavy atom. The molecule has 0 aromatic rings. The van der Waals surface area contributed by atoms with E-state index < -0.39 is 0 Å². The van der Waals surface area contributed by atoms with Crippen LogP contribution >= 0.6 is 0 Å². The van der Waals surface area contributed by atoms with Crippen molar-refractivity contribution in [1.82, 2.24) is 0 Å². The van der Waals surface area contributed by atoms with Crippen molar-refractivity contribution in [2.24, 2.45) is 17.3 Å². The first-order valence-electron chi connectivity index (χ1n) is 7.69. The third-order valence-electron chi connectivity index (χ3n) is 5.88. The van der Waals surface area contributed by atoms with Crippen molar-refractivity contribution in [3.63, 3.8) is 0 Å². The van der Waals surface area contributed by atoms with Gasteiger partial charge in [0, 0.05) is 0 Å². The van der Waals surface area contributed by atoms with Crippen LogP contribution in [0.2, 0.25) is 6.32 Å². The zero-order valence-corrected chi connectivity index (χ0v) is 13.0. The molecule has 1 aliphatic heterocycles. The van der Waals surface area contributed by atoms with Crippen LogP contribution in [0.15, 0.2) is 0 Å². The number of hydrogen-bond acceptors (Lipinski definition) is 2. The molecule has 2 fully saturated rings. The van der Waals surface area contributed by atoms with Crippen LogP contribution in [0.1, 0.15) is 60.8 Å². The van der Waals surface area contributed by atoms with Gasteiger partial charge in [-0.25, -0.2) is 0 Å². The molecule has 0 aromatic heterocycles. The van der Waals surface area contributed by atoms with Gasteiger partial charge >= 0.3 is 7.12 Å². The van der Waals surface area contributed by atoms with E-state index in [0.29, 0.717) is 17.4 Å². The Morgan fingerprint density at radius 1 is 1.22 bits per heavy atom. The highest BCUT2D eigenvalue weighted by Crippen LogP contribution is 2.55. The van der Waals surface area contributed by atoms with E-state index in [2.05, 4.69) is 41.5 Å². The normalized spacial score (nSPS) is 43.0. The average molecular weight is 252 g/mol. The summed E-state index contributed by atoms with van der Waals surface area (Å²) in [4.78, 5) is 0. The first-order valence-corrected chi connectivity index (χ1v) is 7.69. The molecule has 0 unspecified atom stereocenters. The molecule has 0 N–H and O–H groups in total. The van der Waals surface area contributed by atoms with Crippen LogP contribution in [0.4, 0.5) is 0 Å². The van der Waals surface area contributed by atoms with E-state index in [4.69, 9.17) is 9.31 Å². The van der Waals surface area contributed by atoms with Gasteiger partial charge in [0.05, 0.1) is 11.7 Å². The quantitative estimate of drug-likeness (QED) is 0.702. The highest BCUT2D eigenvalue weighted by molar-refractivity contribution is 6.45. The minimum Gasteiger partial charge on any atom is -0.405 e. The van der Waals surface area contributed by atoms with E-state index in [-0.39, 0.29) is 12.7 Å². The second-order valence-corrected chi connectivity index (χ2v) is 7.03. The van der Waals surface area contributed by atoms with Gasteiger partial charge in [-0.15, -0.1) is 0 Å². The first kappa shape index (κ1) is 14.4. The van der Waals surface area contributed by atoms with Gasteiger partial charge < -0.3 is 9.31 Å². The molecule has 1 aliphatic carbocycles. The monoisotopic (exact) mass is 252 g/mol. The van der Waals surface area contributed by atoms with Gasteiger partial charge in [0.2, 0.25) is 0 Å². The molecule has 0 spiro atoms. The molecule has 0 aromatic carbocycles. The van der Waals surface area contributed by atoms with E-state index in [0.717, 1.165) is 25.1 Å². The molecule has 2 rings (SSSR count).